The molecule has 29 heavy (non-hydrogen) atoms. The summed E-state index contributed by atoms with van der Waals surface area (Å²) in [7, 11) is 1.92. The van der Waals surface area contributed by atoms with Crippen LogP contribution >= 0.6 is 0 Å². The van der Waals surface area contributed by atoms with Crippen molar-refractivity contribution in [3.05, 3.63) is 41.3 Å². The smallest absolute Gasteiger partial charge is 0.271 e. The topological polar surface area (TPSA) is 71.6 Å². The molecule has 1 atom stereocenters. The summed E-state index contributed by atoms with van der Waals surface area (Å²) < 4.78 is 30.4. The van der Waals surface area contributed by atoms with E-state index < -0.39 is 17.9 Å². The molecule has 1 fully saturated rings. The normalized spacial score (nSPS) is 20.6. The second-order valence-corrected chi connectivity index (χ2v) is 7.59. The summed E-state index contributed by atoms with van der Waals surface area (Å²) in [6, 6.07) is 4.53. The van der Waals surface area contributed by atoms with Crippen LogP contribution in [-0.2, 0) is 18.4 Å². The lowest BCUT2D eigenvalue weighted by Gasteiger charge is -2.31. The van der Waals surface area contributed by atoms with Crippen LogP contribution in [0.25, 0.3) is 11.3 Å². The number of benzene rings is 1. The van der Waals surface area contributed by atoms with Crippen LogP contribution in [0.1, 0.15) is 42.6 Å². The van der Waals surface area contributed by atoms with Crippen LogP contribution in [0.3, 0.4) is 0 Å². The Hall–Kier alpha value is -2.90. The van der Waals surface area contributed by atoms with Crippen LogP contribution in [0.15, 0.2) is 34.4 Å². The molecule has 1 N–H and O–H groups in total. The van der Waals surface area contributed by atoms with Crippen molar-refractivity contribution in [3.8, 4) is 11.3 Å². The number of halogens is 2. The zero-order valence-electron chi connectivity index (χ0n) is 16.5. The number of hydrogen-bond donors (Lipinski definition) is 1. The van der Waals surface area contributed by atoms with E-state index in [-0.39, 0.29) is 18.6 Å². The van der Waals surface area contributed by atoms with Crippen molar-refractivity contribution in [3.63, 3.8) is 0 Å². The van der Waals surface area contributed by atoms with E-state index in [9.17, 15) is 13.6 Å². The van der Waals surface area contributed by atoms with Crippen molar-refractivity contribution in [1.82, 2.24) is 14.9 Å². The molecule has 0 saturated heterocycles. The molecule has 1 saturated carbocycles. The number of nitrogens with zero attached hydrogens (tertiary/aromatic N) is 4. The summed E-state index contributed by atoms with van der Waals surface area (Å²) in [6.07, 6.45) is 4.30. The summed E-state index contributed by atoms with van der Waals surface area (Å²) in [5, 5.41) is 2.52. The first kappa shape index (κ1) is 19.4. The quantitative estimate of drug-likeness (QED) is 0.859. The zero-order chi connectivity index (χ0) is 20.6. The molecule has 1 aromatic carbocycles. The Kier molecular flexibility index (Phi) is 5.02. The first-order valence-electron chi connectivity index (χ1n) is 9.73. The number of alkyl halides is 2. The highest BCUT2D eigenvalue weighted by Crippen LogP contribution is 2.33. The van der Waals surface area contributed by atoms with Crippen LogP contribution in [-0.4, -0.2) is 39.5 Å². The molecule has 1 aliphatic heterocycles. The molecule has 2 aliphatic rings. The van der Waals surface area contributed by atoms with Gasteiger partial charge in [-0.25, -0.2) is 18.8 Å². The molecule has 1 aromatic heterocycles. The number of rotatable bonds is 3. The van der Waals surface area contributed by atoms with Gasteiger partial charge >= 0.3 is 0 Å². The Morgan fingerprint density at radius 2 is 2.14 bits per heavy atom. The fourth-order valence-electron chi connectivity index (χ4n) is 3.85. The van der Waals surface area contributed by atoms with Gasteiger partial charge in [-0.15, -0.1) is 0 Å². The highest BCUT2D eigenvalue weighted by atomic mass is 19.3. The molecule has 1 aliphatic carbocycles. The maximum absolute atomic E-state index is 14.2. The third kappa shape index (κ3) is 3.71. The number of aliphatic imine (C=N–C) groups is 2. The van der Waals surface area contributed by atoms with E-state index in [4.69, 9.17) is 0 Å². The van der Waals surface area contributed by atoms with E-state index in [0.29, 0.717) is 24.9 Å². The number of fused-ring (bicyclic) bond motifs is 1. The van der Waals surface area contributed by atoms with E-state index >= 15 is 0 Å². The Morgan fingerprint density at radius 1 is 1.31 bits per heavy atom. The Balaban J connectivity index is 1.68. The summed E-state index contributed by atoms with van der Waals surface area (Å²) in [5.41, 5.74) is 3.32. The second-order valence-electron chi connectivity index (χ2n) is 7.59. The van der Waals surface area contributed by atoms with Gasteiger partial charge in [-0.3, -0.25) is 9.79 Å². The molecule has 2 heterocycles. The molecule has 1 amide bonds. The van der Waals surface area contributed by atoms with Crippen LogP contribution in [0.4, 0.5) is 8.78 Å². The van der Waals surface area contributed by atoms with E-state index in [0.717, 1.165) is 22.6 Å². The maximum Gasteiger partial charge on any atom is 0.271 e. The van der Waals surface area contributed by atoms with E-state index in [2.05, 4.69) is 20.3 Å². The van der Waals surface area contributed by atoms with Gasteiger partial charge in [-0.1, -0.05) is 18.6 Å². The maximum atomic E-state index is 14.2. The van der Waals surface area contributed by atoms with Gasteiger partial charge in [-0.05, 0) is 31.4 Å². The predicted octanol–water partition coefficient (Wildman–Crippen LogP) is 3.42. The minimum Gasteiger partial charge on any atom is -0.342 e. The number of aromatic nitrogens is 2. The lowest BCUT2D eigenvalue weighted by atomic mass is 9.91. The molecule has 4 rings (SSSR count). The van der Waals surface area contributed by atoms with Crippen molar-refractivity contribution < 1.29 is 13.6 Å². The van der Waals surface area contributed by atoms with Crippen LogP contribution in [0.5, 0.6) is 0 Å². The molecule has 152 valence electrons. The Labute approximate surface area is 167 Å². The molecule has 0 unspecified atom stereocenters. The first-order valence-corrected chi connectivity index (χ1v) is 9.73. The number of carbonyl (C=O) groups excluding carboxylic acids is 1. The van der Waals surface area contributed by atoms with Crippen LogP contribution in [0.2, 0.25) is 0 Å². The van der Waals surface area contributed by atoms with E-state index in [1.54, 1.807) is 6.20 Å². The van der Waals surface area contributed by atoms with E-state index in [1.807, 2.05) is 36.7 Å². The minimum atomic E-state index is -2.90. The molecule has 0 bridgehead atoms. The summed E-state index contributed by atoms with van der Waals surface area (Å²) >= 11 is 0. The van der Waals surface area contributed by atoms with Crippen molar-refractivity contribution in [1.29, 1.82) is 0 Å². The van der Waals surface area contributed by atoms with Gasteiger partial charge in [0.25, 0.3) is 11.8 Å². The number of nitrogens with one attached hydrogen (secondary N) is 1. The van der Waals surface area contributed by atoms with Crippen molar-refractivity contribution in [2.75, 3.05) is 0 Å². The number of amides is 1. The average molecular weight is 399 g/mol. The second kappa shape index (κ2) is 7.50. The van der Waals surface area contributed by atoms with Gasteiger partial charge in [0.15, 0.2) is 0 Å². The van der Waals surface area contributed by atoms with Crippen molar-refractivity contribution in [2.24, 2.45) is 17.0 Å². The molecule has 2 aromatic rings. The SMILES string of the molecule is Cc1ncc(-c2ccc3c(c2)C(C(=O)N[C@@H]2CCCCC2(F)F)=NC=NC3)n1C. The number of hydrogen-bond acceptors (Lipinski definition) is 4. The summed E-state index contributed by atoms with van der Waals surface area (Å²) in [6.45, 7) is 2.28. The average Bonchev–Trinajstić information content (AvgIpc) is 2.90. The fourth-order valence-corrected chi connectivity index (χ4v) is 3.85. The first-order chi connectivity index (χ1) is 13.9. The number of aryl methyl sites for hydroxylation is 1. The molecule has 0 radical (unpaired) electrons. The summed E-state index contributed by atoms with van der Waals surface area (Å²) in [4.78, 5) is 25.6. The largest absolute Gasteiger partial charge is 0.342 e. The highest BCUT2D eigenvalue weighted by molar-refractivity contribution is 6.47. The molecular weight excluding hydrogens is 376 g/mol. The Morgan fingerprint density at radius 3 is 2.86 bits per heavy atom. The van der Waals surface area contributed by atoms with Gasteiger partial charge < -0.3 is 9.88 Å². The molecular formula is C21H23F2N5O. The molecule has 6 nitrogen and oxygen atoms in total. The van der Waals surface area contributed by atoms with Gasteiger partial charge in [0.2, 0.25) is 0 Å². The lowest BCUT2D eigenvalue weighted by molar-refractivity contribution is -0.121. The predicted molar refractivity (Wildman–Crippen MR) is 107 cm³/mol. The lowest BCUT2D eigenvalue weighted by Crippen LogP contribution is -2.51. The monoisotopic (exact) mass is 399 g/mol. The van der Waals surface area contributed by atoms with Crippen molar-refractivity contribution in [2.45, 2.75) is 51.1 Å². The minimum absolute atomic E-state index is 0.114. The molecule has 8 heteroatoms. The number of imidazole rings is 1. The van der Waals surface area contributed by atoms with Crippen LogP contribution in [0, 0.1) is 6.92 Å². The standard InChI is InChI=1S/C21H23F2N5O/c1-13-25-11-17(28(13)2)14-6-7-15-10-24-12-26-19(16(15)9-14)20(29)27-18-5-3-4-8-21(18,22)23/h6-7,9,11-12,18H,3-5,8,10H2,1-2H3,(H,27,29)/t18-/m1/s1. The third-order valence-corrected chi connectivity index (χ3v) is 5.69. The van der Waals surface area contributed by atoms with E-state index in [1.165, 1.54) is 6.34 Å². The zero-order valence-corrected chi connectivity index (χ0v) is 16.5. The van der Waals surface area contributed by atoms with Gasteiger partial charge in [0, 0.05) is 24.6 Å². The Bertz CT molecular complexity index is 1010. The number of carbonyl (C=O) groups is 1. The fraction of sp³-hybridized carbons (Fsp3) is 0.429. The molecule has 0 spiro atoms. The highest BCUT2D eigenvalue weighted by Gasteiger charge is 2.42. The van der Waals surface area contributed by atoms with Crippen LogP contribution < -0.4 is 5.32 Å². The van der Waals surface area contributed by atoms with Crippen molar-refractivity contribution >= 4 is 18.0 Å². The van der Waals surface area contributed by atoms with Gasteiger partial charge in [-0.2, -0.15) is 0 Å². The third-order valence-electron chi connectivity index (χ3n) is 5.69. The van der Waals surface area contributed by atoms with Gasteiger partial charge in [0.1, 0.15) is 17.9 Å². The van der Waals surface area contributed by atoms with Gasteiger partial charge in [0.05, 0.1) is 24.5 Å². The summed E-state index contributed by atoms with van der Waals surface area (Å²) in [5.74, 6) is -2.63.